The van der Waals surface area contributed by atoms with Gasteiger partial charge in [0.05, 0.1) is 42.5 Å². The Morgan fingerprint density at radius 1 is 1.17 bits per heavy atom. The third-order valence-corrected chi connectivity index (χ3v) is 6.48. The zero-order valence-corrected chi connectivity index (χ0v) is 24.0. The molecule has 1 aliphatic heterocycles. The first-order chi connectivity index (χ1) is 20.1. The zero-order valence-electron chi connectivity index (χ0n) is 22.4. The molecule has 3 N–H and O–H groups in total. The number of carbonyl (C=O) groups is 3. The normalized spacial score (nSPS) is 14.7. The molecular formula is C27H24BrN5O9. The summed E-state index contributed by atoms with van der Waals surface area (Å²) in [5.41, 5.74) is 3.56. The van der Waals surface area contributed by atoms with Gasteiger partial charge in [-0.05, 0) is 48.9 Å². The van der Waals surface area contributed by atoms with Crippen LogP contribution in [0.1, 0.15) is 24.3 Å². The highest BCUT2D eigenvalue weighted by Crippen LogP contribution is 2.35. The van der Waals surface area contributed by atoms with Gasteiger partial charge >= 0.3 is 12.0 Å². The van der Waals surface area contributed by atoms with Crippen LogP contribution >= 0.6 is 15.9 Å². The van der Waals surface area contributed by atoms with Crippen LogP contribution in [0.15, 0.2) is 73.8 Å². The molecule has 0 fully saturated rings. The first-order valence-corrected chi connectivity index (χ1v) is 12.9. The van der Waals surface area contributed by atoms with Gasteiger partial charge in [-0.1, -0.05) is 22.0 Å². The number of amides is 3. The second-order valence-electron chi connectivity index (χ2n) is 8.67. The number of allylic oxidation sites excluding steroid dienone is 1. The molecule has 3 aromatic rings. The largest absolute Gasteiger partial charge is 0.493 e. The summed E-state index contributed by atoms with van der Waals surface area (Å²) in [7, 11) is 2.65. The van der Waals surface area contributed by atoms with Crippen LogP contribution in [0, 0.1) is 10.1 Å². The molecular weight excluding hydrogens is 618 g/mol. The van der Waals surface area contributed by atoms with E-state index in [1.54, 1.807) is 43.3 Å². The Morgan fingerprint density at radius 3 is 2.67 bits per heavy atom. The number of carbonyl (C=O) groups excluding carboxylic acids is 3. The standard InChI is InChI=1S/C27H24BrN5O9/c1-14-24(26(35)40-3)25(31-27(36)30-14)15-4-8-21(22(10-15)39-2)41-13-23(34)32-29-12-17-6-9-20(42-17)18-7-5-16(28)11-19(18)33(37)38/h4-12,25H,13H2,1-3H3,(H,32,34)(H2,30,31,36)/b29-12-/t25-/m1/s1. The number of nitrogens with one attached hydrogen (secondary N) is 3. The third kappa shape index (κ3) is 6.75. The lowest BCUT2D eigenvalue weighted by molar-refractivity contribution is -0.384. The van der Waals surface area contributed by atoms with Gasteiger partial charge in [-0.25, -0.2) is 15.0 Å². The predicted octanol–water partition coefficient (Wildman–Crippen LogP) is 3.96. The average Bonchev–Trinajstić information content (AvgIpc) is 3.43. The number of nitro benzene ring substituents is 1. The quantitative estimate of drug-likeness (QED) is 0.128. The number of nitro groups is 1. The van der Waals surface area contributed by atoms with E-state index < -0.39 is 35.5 Å². The molecule has 218 valence electrons. The Balaban J connectivity index is 1.39. The molecule has 0 radical (unpaired) electrons. The molecule has 1 aliphatic rings. The minimum Gasteiger partial charge on any atom is -0.493 e. The van der Waals surface area contributed by atoms with Crippen molar-refractivity contribution in [3.8, 4) is 22.8 Å². The molecule has 2 heterocycles. The van der Waals surface area contributed by atoms with E-state index in [4.69, 9.17) is 18.6 Å². The van der Waals surface area contributed by atoms with Gasteiger partial charge in [0.25, 0.3) is 11.6 Å². The van der Waals surface area contributed by atoms with Gasteiger partial charge in [-0.15, -0.1) is 0 Å². The summed E-state index contributed by atoms with van der Waals surface area (Å²) in [6.45, 7) is 1.17. The lowest BCUT2D eigenvalue weighted by Crippen LogP contribution is -2.45. The fourth-order valence-electron chi connectivity index (χ4n) is 4.08. The molecule has 0 aliphatic carbocycles. The van der Waals surface area contributed by atoms with Crippen molar-refractivity contribution in [2.45, 2.75) is 13.0 Å². The minimum absolute atomic E-state index is 0.132. The van der Waals surface area contributed by atoms with Crippen LogP contribution in [0.5, 0.6) is 11.5 Å². The van der Waals surface area contributed by atoms with Gasteiger partial charge in [0.2, 0.25) is 0 Å². The van der Waals surface area contributed by atoms with Crippen LogP contribution in [-0.4, -0.2) is 49.9 Å². The summed E-state index contributed by atoms with van der Waals surface area (Å²) < 4.78 is 22.0. The zero-order chi connectivity index (χ0) is 30.4. The van der Waals surface area contributed by atoms with E-state index in [2.05, 4.69) is 37.1 Å². The van der Waals surface area contributed by atoms with E-state index in [0.29, 0.717) is 15.7 Å². The maximum absolute atomic E-state index is 12.3. The number of hydrogen-bond acceptors (Lipinski definition) is 10. The summed E-state index contributed by atoms with van der Waals surface area (Å²) in [5.74, 6) is -0.210. The molecule has 0 saturated carbocycles. The number of urea groups is 1. The lowest BCUT2D eigenvalue weighted by atomic mass is 9.95. The van der Waals surface area contributed by atoms with Crippen LogP contribution in [0.25, 0.3) is 11.3 Å². The van der Waals surface area contributed by atoms with Gasteiger partial charge < -0.3 is 29.3 Å². The third-order valence-electron chi connectivity index (χ3n) is 5.98. The second-order valence-corrected chi connectivity index (χ2v) is 9.59. The highest BCUT2D eigenvalue weighted by molar-refractivity contribution is 9.10. The van der Waals surface area contributed by atoms with Gasteiger partial charge in [0, 0.05) is 16.2 Å². The van der Waals surface area contributed by atoms with Crippen LogP contribution in [-0.2, 0) is 14.3 Å². The fourth-order valence-corrected chi connectivity index (χ4v) is 4.43. The van der Waals surface area contributed by atoms with Gasteiger partial charge in [0.15, 0.2) is 18.1 Å². The highest BCUT2D eigenvalue weighted by Gasteiger charge is 2.32. The molecule has 3 amide bonds. The van der Waals surface area contributed by atoms with E-state index in [0.717, 1.165) is 0 Å². The number of esters is 1. The summed E-state index contributed by atoms with van der Waals surface area (Å²) in [6.07, 6.45) is 1.24. The molecule has 15 heteroatoms. The van der Waals surface area contributed by atoms with Crippen LogP contribution in [0.2, 0.25) is 0 Å². The number of benzene rings is 2. The summed E-state index contributed by atoms with van der Waals surface area (Å²) in [4.78, 5) is 47.6. The van der Waals surface area contributed by atoms with E-state index in [1.807, 2.05) is 0 Å². The summed E-state index contributed by atoms with van der Waals surface area (Å²) in [5, 5.41) is 20.4. The van der Waals surface area contributed by atoms with Crippen molar-refractivity contribution in [2.75, 3.05) is 20.8 Å². The first kappa shape index (κ1) is 29.8. The van der Waals surface area contributed by atoms with Crippen LogP contribution in [0.4, 0.5) is 10.5 Å². The van der Waals surface area contributed by atoms with E-state index in [-0.39, 0.29) is 39.8 Å². The number of hydrazone groups is 1. The van der Waals surface area contributed by atoms with Crippen molar-refractivity contribution in [3.63, 3.8) is 0 Å². The predicted molar refractivity (Wildman–Crippen MR) is 152 cm³/mol. The number of furan rings is 1. The smallest absolute Gasteiger partial charge is 0.337 e. The van der Waals surface area contributed by atoms with Crippen molar-refractivity contribution < 1.29 is 37.9 Å². The van der Waals surface area contributed by atoms with Crippen molar-refractivity contribution in [2.24, 2.45) is 5.10 Å². The van der Waals surface area contributed by atoms with E-state index in [9.17, 15) is 24.5 Å². The highest BCUT2D eigenvalue weighted by atomic mass is 79.9. The van der Waals surface area contributed by atoms with Gasteiger partial charge in [-0.2, -0.15) is 5.10 Å². The number of ether oxygens (including phenoxy) is 3. The number of halogens is 1. The van der Waals surface area contributed by atoms with E-state index >= 15 is 0 Å². The number of nitrogens with zero attached hydrogens (tertiary/aromatic N) is 2. The van der Waals surface area contributed by atoms with Crippen molar-refractivity contribution in [3.05, 3.63) is 85.7 Å². The molecule has 4 rings (SSSR count). The molecule has 0 saturated heterocycles. The fraction of sp³-hybridized carbons (Fsp3) is 0.185. The van der Waals surface area contributed by atoms with Crippen molar-refractivity contribution in [1.29, 1.82) is 0 Å². The van der Waals surface area contributed by atoms with Crippen LogP contribution < -0.4 is 25.5 Å². The molecule has 1 aromatic heterocycles. The summed E-state index contributed by atoms with van der Waals surface area (Å²) in [6, 6.07) is 11.1. The Hall–Kier alpha value is -5.18. The molecule has 0 spiro atoms. The molecule has 14 nitrogen and oxygen atoms in total. The number of methoxy groups -OCH3 is 2. The Kier molecular flexibility index (Phi) is 9.22. The first-order valence-electron chi connectivity index (χ1n) is 12.1. The van der Waals surface area contributed by atoms with Gasteiger partial charge in [0.1, 0.15) is 11.5 Å². The van der Waals surface area contributed by atoms with Crippen molar-refractivity contribution in [1.82, 2.24) is 16.1 Å². The molecule has 0 bridgehead atoms. The Bertz CT molecular complexity index is 1610. The maximum Gasteiger partial charge on any atom is 0.337 e. The van der Waals surface area contributed by atoms with Crippen molar-refractivity contribution >= 4 is 45.7 Å². The molecule has 42 heavy (non-hydrogen) atoms. The number of hydrogen-bond donors (Lipinski definition) is 3. The van der Waals surface area contributed by atoms with Crippen LogP contribution in [0.3, 0.4) is 0 Å². The molecule has 0 unspecified atom stereocenters. The lowest BCUT2D eigenvalue weighted by Gasteiger charge is -2.28. The minimum atomic E-state index is -0.802. The topological polar surface area (TPSA) is 184 Å². The summed E-state index contributed by atoms with van der Waals surface area (Å²) >= 11 is 3.21. The molecule has 1 atom stereocenters. The monoisotopic (exact) mass is 641 g/mol. The average molecular weight is 642 g/mol. The van der Waals surface area contributed by atoms with E-state index in [1.165, 1.54) is 32.6 Å². The van der Waals surface area contributed by atoms with Gasteiger partial charge in [-0.3, -0.25) is 14.9 Å². The Morgan fingerprint density at radius 2 is 1.95 bits per heavy atom. The maximum atomic E-state index is 12.3. The SMILES string of the molecule is COC(=O)C1=C(C)NC(=O)N[C@@H]1c1ccc(OCC(=O)N/N=C\c2ccc(-c3ccc(Br)cc3[N+](=O)[O-])o2)c(OC)c1. The number of rotatable bonds is 10. The Labute approximate surface area is 247 Å². The second kappa shape index (κ2) is 13.0. The molecule has 2 aromatic carbocycles.